The van der Waals surface area contributed by atoms with Crippen LogP contribution in [0.3, 0.4) is 0 Å². The van der Waals surface area contributed by atoms with Gasteiger partial charge in [-0.05, 0) is 68.4 Å². The average Bonchev–Trinajstić information content (AvgIpc) is 2.67. The molecule has 4 heteroatoms. The molecule has 132 valence electrons. The smallest absolute Gasteiger partial charge is 0.223 e. The number of aryl methyl sites for hydroxylation is 2. The molecule has 1 N–H and O–H groups in total. The molecule has 3 rings (SSSR count). The van der Waals surface area contributed by atoms with E-state index in [9.17, 15) is 9.90 Å². The van der Waals surface area contributed by atoms with Crippen molar-refractivity contribution in [3.8, 4) is 5.75 Å². The van der Waals surface area contributed by atoms with Crippen LogP contribution in [0.2, 0.25) is 0 Å². The number of hydrogen-bond donors (Lipinski definition) is 1. The number of aromatic hydroxyl groups is 1. The maximum Gasteiger partial charge on any atom is 0.223 e. The summed E-state index contributed by atoms with van der Waals surface area (Å²) in [6.07, 6.45) is 8.34. The van der Waals surface area contributed by atoms with E-state index in [2.05, 4.69) is 9.88 Å². The Balaban J connectivity index is 1.54. The van der Waals surface area contributed by atoms with Crippen molar-refractivity contribution in [3.05, 3.63) is 59.9 Å². The minimum absolute atomic E-state index is 0.251. The molecule has 0 saturated carbocycles. The molecule has 0 aliphatic carbocycles. The van der Waals surface area contributed by atoms with Crippen molar-refractivity contribution in [2.45, 2.75) is 51.0 Å². The van der Waals surface area contributed by atoms with E-state index in [0.29, 0.717) is 24.6 Å². The van der Waals surface area contributed by atoms with Crippen LogP contribution in [0.5, 0.6) is 5.75 Å². The highest BCUT2D eigenvalue weighted by atomic mass is 16.3. The number of phenolic OH excluding ortho intramolecular Hbond substituents is 1. The van der Waals surface area contributed by atoms with E-state index < -0.39 is 0 Å². The first-order chi connectivity index (χ1) is 12.2. The number of nitrogens with zero attached hydrogens (tertiary/aromatic N) is 2. The van der Waals surface area contributed by atoms with Crippen LogP contribution in [0.25, 0.3) is 0 Å². The third-order valence-corrected chi connectivity index (χ3v) is 4.97. The fourth-order valence-corrected chi connectivity index (χ4v) is 3.55. The predicted octanol–water partition coefficient (Wildman–Crippen LogP) is 3.73. The van der Waals surface area contributed by atoms with Crippen molar-refractivity contribution >= 4 is 5.91 Å². The lowest BCUT2D eigenvalue weighted by Gasteiger charge is -2.36. The topological polar surface area (TPSA) is 53.4 Å². The molecular formula is C21H26N2O2. The highest BCUT2D eigenvalue weighted by molar-refractivity contribution is 5.76. The van der Waals surface area contributed by atoms with Crippen LogP contribution in [0.15, 0.2) is 48.7 Å². The first-order valence-electron chi connectivity index (χ1n) is 9.19. The second kappa shape index (κ2) is 8.65. The first kappa shape index (κ1) is 17.5. The van der Waals surface area contributed by atoms with Crippen molar-refractivity contribution < 1.29 is 9.90 Å². The number of benzene rings is 1. The molecule has 1 fully saturated rings. The van der Waals surface area contributed by atoms with Gasteiger partial charge in [-0.15, -0.1) is 0 Å². The molecule has 0 bridgehead atoms. The SMILES string of the molecule is O=C(CCc1ccccn1)N1CCCCC1CCc1ccc(O)cc1. The van der Waals surface area contributed by atoms with Gasteiger partial charge in [0.25, 0.3) is 0 Å². The second-order valence-corrected chi connectivity index (χ2v) is 6.76. The Bertz CT molecular complexity index is 670. The number of pyridine rings is 1. The van der Waals surface area contributed by atoms with Crippen LogP contribution in [0, 0.1) is 0 Å². The van der Waals surface area contributed by atoms with E-state index >= 15 is 0 Å². The lowest BCUT2D eigenvalue weighted by atomic mass is 9.95. The van der Waals surface area contributed by atoms with Gasteiger partial charge in [0.05, 0.1) is 0 Å². The third-order valence-electron chi connectivity index (χ3n) is 4.97. The fraction of sp³-hybridized carbons (Fsp3) is 0.429. The zero-order valence-corrected chi connectivity index (χ0v) is 14.6. The minimum atomic E-state index is 0.251. The number of carbonyl (C=O) groups excluding carboxylic acids is 1. The lowest BCUT2D eigenvalue weighted by molar-refractivity contribution is -0.135. The number of likely N-dealkylation sites (tertiary alicyclic amines) is 1. The quantitative estimate of drug-likeness (QED) is 0.873. The number of carbonyl (C=O) groups is 1. The summed E-state index contributed by atoms with van der Waals surface area (Å²) >= 11 is 0. The number of aromatic nitrogens is 1. The molecule has 2 heterocycles. The van der Waals surface area contributed by atoms with Gasteiger partial charge in [-0.2, -0.15) is 0 Å². The summed E-state index contributed by atoms with van der Waals surface area (Å²) in [4.78, 5) is 19.1. The Hall–Kier alpha value is -2.36. The van der Waals surface area contributed by atoms with E-state index in [1.165, 1.54) is 12.0 Å². The van der Waals surface area contributed by atoms with E-state index in [0.717, 1.165) is 37.9 Å². The highest BCUT2D eigenvalue weighted by Gasteiger charge is 2.26. The Morgan fingerprint density at radius 2 is 1.96 bits per heavy atom. The molecule has 4 nitrogen and oxygen atoms in total. The van der Waals surface area contributed by atoms with E-state index in [-0.39, 0.29) is 5.91 Å². The summed E-state index contributed by atoms with van der Waals surface area (Å²) in [5.74, 6) is 0.550. The summed E-state index contributed by atoms with van der Waals surface area (Å²) in [6.45, 7) is 0.876. The molecule has 1 aromatic carbocycles. The van der Waals surface area contributed by atoms with Gasteiger partial charge >= 0.3 is 0 Å². The van der Waals surface area contributed by atoms with Gasteiger partial charge in [-0.3, -0.25) is 9.78 Å². The fourth-order valence-electron chi connectivity index (χ4n) is 3.55. The van der Waals surface area contributed by atoms with Crippen LogP contribution < -0.4 is 0 Å². The molecule has 1 amide bonds. The average molecular weight is 338 g/mol. The van der Waals surface area contributed by atoms with Crippen molar-refractivity contribution in [2.75, 3.05) is 6.54 Å². The van der Waals surface area contributed by atoms with Gasteiger partial charge in [0.1, 0.15) is 5.75 Å². The molecule has 1 aliphatic rings. The Kier molecular flexibility index (Phi) is 6.04. The number of phenols is 1. The largest absolute Gasteiger partial charge is 0.508 e. The Labute approximate surface area is 149 Å². The zero-order chi connectivity index (χ0) is 17.5. The molecular weight excluding hydrogens is 312 g/mol. The molecule has 1 atom stereocenters. The normalized spacial score (nSPS) is 17.4. The molecule has 0 spiro atoms. The molecule has 2 aromatic rings. The molecule has 25 heavy (non-hydrogen) atoms. The van der Waals surface area contributed by atoms with Gasteiger partial charge in [0.15, 0.2) is 0 Å². The molecule has 1 aliphatic heterocycles. The molecule has 1 unspecified atom stereocenters. The monoisotopic (exact) mass is 338 g/mol. The Morgan fingerprint density at radius 3 is 2.72 bits per heavy atom. The van der Waals surface area contributed by atoms with Crippen LogP contribution in [0.1, 0.15) is 43.4 Å². The third kappa shape index (κ3) is 5.05. The summed E-state index contributed by atoms with van der Waals surface area (Å²) in [7, 11) is 0. The molecule has 1 saturated heterocycles. The highest BCUT2D eigenvalue weighted by Crippen LogP contribution is 2.23. The number of piperidine rings is 1. The minimum Gasteiger partial charge on any atom is -0.508 e. The van der Waals surface area contributed by atoms with Gasteiger partial charge in [0.2, 0.25) is 5.91 Å². The maximum atomic E-state index is 12.7. The second-order valence-electron chi connectivity index (χ2n) is 6.76. The van der Waals surface area contributed by atoms with Crippen LogP contribution in [-0.2, 0) is 17.6 Å². The van der Waals surface area contributed by atoms with Crippen LogP contribution in [-0.4, -0.2) is 33.5 Å². The van der Waals surface area contributed by atoms with Crippen molar-refractivity contribution in [2.24, 2.45) is 0 Å². The number of rotatable bonds is 6. The van der Waals surface area contributed by atoms with E-state index in [1.807, 2.05) is 30.3 Å². The number of amides is 1. The predicted molar refractivity (Wildman–Crippen MR) is 98.3 cm³/mol. The summed E-state index contributed by atoms with van der Waals surface area (Å²) in [6, 6.07) is 13.6. The van der Waals surface area contributed by atoms with Crippen molar-refractivity contribution in [3.63, 3.8) is 0 Å². The van der Waals surface area contributed by atoms with Gasteiger partial charge in [0, 0.05) is 30.9 Å². The van der Waals surface area contributed by atoms with E-state index in [4.69, 9.17) is 0 Å². The van der Waals surface area contributed by atoms with Crippen LogP contribution in [0.4, 0.5) is 0 Å². The summed E-state index contributed by atoms with van der Waals surface area (Å²) in [5.41, 5.74) is 2.19. The van der Waals surface area contributed by atoms with Gasteiger partial charge < -0.3 is 10.0 Å². The summed E-state index contributed by atoms with van der Waals surface area (Å²) in [5, 5.41) is 9.38. The Morgan fingerprint density at radius 1 is 1.12 bits per heavy atom. The van der Waals surface area contributed by atoms with Gasteiger partial charge in [-0.25, -0.2) is 0 Å². The lowest BCUT2D eigenvalue weighted by Crippen LogP contribution is -2.44. The maximum absolute atomic E-state index is 12.7. The summed E-state index contributed by atoms with van der Waals surface area (Å²) < 4.78 is 0. The number of hydrogen-bond acceptors (Lipinski definition) is 3. The van der Waals surface area contributed by atoms with Gasteiger partial charge in [-0.1, -0.05) is 18.2 Å². The van der Waals surface area contributed by atoms with Crippen LogP contribution >= 0.6 is 0 Å². The zero-order valence-electron chi connectivity index (χ0n) is 14.6. The first-order valence-corrected chi connectivity index (χ1v) is 9.19. The molecule has 1 aromatic heterocycles. The van der Waals surface area contributed by atoms with Crippen molar-refractivity contribution in [1.82, 2.24) is 9.88 Å². The van der Waals surface area contributed by atoms with Crippen molar-refractivity contribution in [1.29, 1.82) is 0 Å². The standard InChI is InChI=1S/C21H26N2O2/c24-20-12-8-17(9-13-20)7-11-19-6-2-4-16-23(19)21(25)14-10-18-5-1-3-15-22-18/h1,3,5,8-9,12-13,15,19,24H,2,4,6-7,10-11,14,16H2. The molecule has 0 radical (unpaired) electrons. The van der Waals surface area contributed by atoms with E-state index in [1.54, 1.807) is 18.3 Å².